The molecule has 9 nitrogen and oxygen atoms in total. The Balaban J connectivity index is 1.26. The van der Waals surface area contributed by atoms with E-state index in [0.29, 0.717) is 36.3 Å². The Bertz CT molecular complexity index is 1500. The number of benzene rings is 2. The monoisotopic (exact) mass is 550 g/mol. The molecule has 1 aliphatic heterocycles. The SMILES string of the molecule is Cc1[nH]cnc1NC=NCN1CCCC1COc1c(C(=O)OCCc2ccc(F)cc2)n(C)c2ccc(F)cc12. The zero-order valence-electron chi connectivity index (χ0n) is 22.5. The van der Waals surface area contributed by atoms with Crippen LogP contribution >= 0.6 is 0 Å². The number of aromatic amines is 1. The predicted molar refractivity (Wildman–Crippen MR) is 149 cm³/mol. The fourth-order valence-electron chi connectivity index (χ4n) is 4.95. The standard InChI is InChI=1S/C29H32F2N6O3/c1-19-28(35-17-33-19)34-16-32-18-37-12-3-4-23(37)15-40-27-24-14-22(31)9-10-25(24)36(2)26(27)29(38)39-13-11-20-5-7-21(30)8-6-20/h5-10,14,16-17,23H,3-4,11-13,15,18H2,1-2H3,(H,32,34)(H,33,35). The molecule has 1 saturated heterocycles. The van der Waals surface area contributed by atoms with Crippen molar-refractivity contribution in [2.45, 2.75) is 32.2 Å². The molecule has 40 heavy (non-hydrogen) atoms. The molecule has 1 fully saturated rings. The number of hydrogen-bond donors (Lipinski definition) is 2. The summed E-state index contributed by atoms with van der Waals surface area (Å²) in [6, 6.07) is 10.5. The van der Waals surface area contributed by atoms with Gasteiger partial charge >= 0.3 is 5.97 Å². The summed E-state index contributed by atoms with van der Waals surface area (Å²) >= 11 is 0. The number of nitrogens with zero attached hydrogens (tertiary/aromatic N) is 4. The second-order valence-electron chi connectivity index (χ2n) is 9.80. The number of fused-ring (bicyclic) bond motifs is 1. The second kappa shape index (κ2) is 12.3. The van der Waals surface area contributed by atoms with Crippen LogP contribution in [0.15, 0.2) is 53.8 Å². The van der Waals surface area contributed by atoms with Crippen LogP contribution in [-0.4, -0.2) is 64.2 Å². The van der Waals surface area contributed by atoms with Gasteiger partial charge in [0.05, 0.1) is 37.2 Å². The van der Waals surface area contributed by atoms with Gasteiger partial charge in [-0.3, -0.25) is 9.89 Å². The van der Waals surface area contributed by atoms with Crippen molar-refractivity contribution in [1.82, 2.24) is 19.4 Å². The second-order valence-corrected chi connectivity index (χ2v) is 9.80. The van der Waals surface area contributed by atoms with Crippen LogP contribution in [-0.2, 0) is 18.2 Å². The van der Waals surface area contributed by atoms with Crippen LogP contribution in [0.1, 0.15) is 34.6 Å². The minimum absolute atomic E-state index is 0.0791. The molecule has 0 spiro atoms. The van der Waals surface area contributed by atoms with Crippen LogP contribution in [0, 0.1) is 18.6 Å². The third kappa shape index (κ3) is 6.15. The molecule has 1 aliphatic rings. The van der Waals surface area contributed by atoms with Gasteiger partial charge in [0.15, 0.2) is 17.3 Å². The van der Waals surface area contributed by atoms with Crippen LogP contribution in [0.4, 0.5) is 14.6 Å². The summed E-state index contributed by atoms with van der Waals surface area (Å²) in [4.78, 5) is 27.1. The summed E-state index contributed by atoms with van der Waals surface area (Å²) in [5.74, 6) is -0.279. The van der Waals surface area contributed by atoms with Gasteiger partial charge in [0.2, 0.25) is 0 Å². The lowest BCUT2D eigenvalue weighted by Gasteiger charge is -2.22. The molecule has 4 aromatic rings. The lowest BCUT2D eigenvalue weighted by atomic mass is 10.2. The summed E-state index contributed by atoms with van der Waals surface area (Å²) in [5.41, 5.74) is 2.66. The number of likely N-dealkylation sites (tertiary alicyclic amines) is 1. The van der Waals surface area contributed by atoms with Crippen LogP contribution in [0.5, 0.6) is 5.75 Å². The van der Waals surface area contributed by atoms with Crippen molar-refractivity contribution in [3.05, 3.63) is 77.4 Å². The number of carbonyl (C=O) groups excluding carboxylic acids is 1. The lowest BCUT2D eigenvalue weighted by Crippen LogP contribution is -2.34. The quantitative estimate of drug-likeness (QED) is 0.158. The van der Waals surface area contributed by atoms with Gasteiger partial charge in [0, 0.05) is 31.4 Å². The minimum atomic E-state index is -0.566. The van der Waals surface area contributed by atoms with Gasteiger partial charge in [-0.2, -0.15) is 0 Å². The molecule has 2 aromatic heterocycles. The van der Waals surface area contributed by atoms with Gasteiger partial charge in [0.25, 0.3) is 0 Å². The minimum Gasteiger partial charge on any atom is -0.489 e. The number of carbonyl (C=O) groups is 1. The van der Waals surface area contributed by atoms with Crippen molar-refractivity contribution in [1.29, 1.82) is 0 Å². The first-order valence-corrected chi connectivity index (χ1v) is 13.2. The normalized spacial score (nSPS) is 15.8. The molecule has 11 heteroatoms. The maximum absolute atomic E-state index is 14.2. The van der Waals surface area contributed by atoms with Gasteiger partial charge in [-0.25, -0.2) is 18.6 Å². The molecule has 0 bridgehead atoms. The van der Waals surface area contributed by atoms with E-state index in [4.69, 9.17) is 9.47 Å². The molecule has 2 aromatic carbocycles. The number of H-pyrrole nitrogens is 1. The van der Waals surface area contributed by atoms with Gasteiger partial charge in [-0.15, -0.1) is 0 Å². The van der Waals surface area contributed by atoms with Crippen molar-refractivity contribution < 1.29 is 23.0 Å². The maximum atomic E-state index is 14.2. The number of nitrogens with one attached hydrogen (secondary N) is 2. The van der Waals surface area contributed by atoms with Crippen LogP contribution in [0.3, 0.4) is 0 Å². The molecule has 1 atom stereocenters. The molecule has 2 N–H and O–H groups in total. The van der Waals surface area contributed by atoms with Crippen molar-refractivity contribution >= 4 is 29.0 Å². The Hall–Kier alpha value is -4.25. The molecule has 1 unspecified atom stereocenters. The number of imidazole rings is 1. The Labute approximate surface area is 230 Å². The Morgan fingerprint density at radius 1 is 1.23 bits per heavy atom. The largest absolute Gasteiger partial charge is 0.489 e. The number of anilines is 1. The first-order chi connectivity index (χ1) is 19.4. The molecule has 5 rings (SSSR count). The highest BCUT2D eigenvalue weighted by atomic mass is 19.1. The fraction of sp³-hybridized carbons (Fsp3) is 0.345. The van der Waals surface area contributed by atoms with Crippen LogP contribution in [0.25, 0.3) is 10.9 Å². The predicted octanol–water partition coefficient (Wildman–Crippen LogP) is 4.83. The molecular formula is C29H32F2N6O3. The summed E-state index contributed by atoms with van der Waals surface area (Å²) in [7, 11) is 1.73. The first kappa shape index (κ1) is 27.3. The molecule has 3 heterocycles. The summed E-state index contributed by atoms with van der Waals surface area (Å²) in [5, 5.41) is 3.58. The van der Waals surface area contributed by atoms with Crippen molar-refractivity contribution in [2.24, 2.45) is 12.0 Å². The lowest BCUT2D eigenvalue weighted by molar-refractivity contribution is 0.0492. The van der Waals surface area contributed by atoms with Crippen molar-refractivity contribution in [3.63, 3.8) is 0 Å². The Morgan fingerprint density at radius 3 is 2.80 bits per heavy atom. The fourth-order valence-corrected chi connectivity index (χ4v) is 4.95. The van der Waals surface area contributed by atoms with Gasteiger partial charge < -0.3 is 24.3 Å². The number of aliphatic imine (C=N–C) groups is 1. The van der Waals surface area contributed by atoms with Crippen molar-refractivity contribution in [2.75, 3.05) is 31.7 Å². The van der Waals surface area contributed by atoms with E-state index in [1.54, 1.807) is 42.5 Å². The number of rotatable bonds is 11. The van der Waals surface area contributed by atoms with Crippen molar-refractivity contribution in [3.8, 4) is 5.75 Å². The summed E-state index contributed by atoms with van der Waals surface area (Å²) < 4.78 is 40.9. The smallest absolute Gasteiger partial charge is 0.358 e. The zero-order valence-corrected chi connectivity index (χ0v) is 22.5. The number of ether oxygens (including phenoxy) is 2. The van der Waals surface area contributed by atoms with Crippen LogP contribution < -0.4 is 10.1 Å². The third-order valence-electron chi connectivity index (χ3n) is 7.15. The number of aryl methyl sites for hydroxylation is 2. The highest BCUT2D eigenvalue weighted by Crippen LogP contribution is 2.34. The number of esters is 1. The van der Waals surface area contributed by atoms with E-state index < -0.39 is 11.8 Å². The molecule has 0 radical (unpaired) electrons. The van der Waals surface area contributed by atoms with E-state index in [9.17, 15) is 13.6 Å². The van der Waals surface area contributed by atoms with E-state index in [-0.39, 0.29) is 24.2 Å². The topological polar surface area (TPSA) is 96.8 Å². The molecule has 210 valence electrons. The van der Waals surface area contributed by atoms with E-state index in [1.165, 1.54) is 24.3 Å². The number of aromatic nitrogens is 3. The summed E-state index contributed by atoms with van der Waals surface area (Å²) in [6.07, 6.45) is 5.60. The number of hydrogen-bond acceptors (Lipinski definition) is 6. The highest BCUT2D eigenvalue weighted by molar-refractivity contribution is 6.01. The van der Waals surface area contributed by atoms with Crippen LogP contribution in [0.2, 0.25) is 0 Å². The van der Waals surface area contributed by atoms with Gasteiger partial charge in [-0.05, 0) is 55.7 Å². The maximum Gasteiger partial charge on any atom is 0.358 e. The average molecular weight is 551 g/mol. The highest BCUT2D eigenvalue weighted by Gasteiger charge is 2.28. The number of halogens is 2. The zero-order chi connectivity index (χ0) is 28.1. The average Bonchev–Trinajstić information content (AvgIpc) is 3.64. The molecule has 0 saturated carbocycles. The van der Waals surface area contributed by atoms with Gasteiger partial charge in [-0.1, -0.05) is 12.1 Å². The molecule has 0 aliphatic carbocycles. The van der Waals surface area contributed by atoms with E-state index in [1.807, 2.05) is 6.92 Å². The van der Waals surface area contributed by atoms with E-state index in [0.717, 1.165) is 36.5 Å². The summed E-state index contributed by atoms with van der Waals surface area (Å²) in [6.45, 7) is 3.70. The Morgan fingerprint density at radius 2 is 2.02 bits per heavy atom. The molecule has 0 amide bonds. The Kier molecular flexibility index (Phi) is 8.40. The first-order valence-electron chi connectivity index (χ1n) is 13.2. The van der Waals surface area contributed by atoms with E-state index in [2.05, 4.69) is 25.2 Å². The molecular weight excluding hydrogens is 518 g/mol. The third-order valence-corrected chi connectivity index (χ3v) is 7.15. The van der Waals surface area contributed by atoms with E-state index >= 15 is 0 Å². The van der Waals surface area contributed by atoms with Gasteiger partial charge in [0.1, 0.15) is 18.2 Å².